The van der Waals surface area contributed by atoms with Gasteiger partial charge in [-0.25, -0.2) is 4.39 Å². The van der Waals surface area contributed by atoms with Crippen molar-refractivity contribution in [3.05, 3.63) is 35.6 Å². The van der Waals surface area contributed by atoms with Gasteiger partial charge in [-0.2, -0.15) is 0 Å². The van der Waals surface area contributed by atoms with Crippen molar-refractivity contribution in [1.29, 1.82) is 0 Å². The molecule has 2 heterocycles. The predicted molar refractivity (Wildman–Crippen MR) is 121 cm³/mol. The molecule has 0 radical (unpaired) electrons. The Labute approximate surface area is 185 Å². The third-order valence-electron chi connectivity index (χ3n) is 6.03. The van der Waals surface area contributed by atoms with Gasteiger partial charge in [-0.15, -0.1) is 0 Å². The molecule has 1 aliphatic rings. The first-order valence-electron chi connectivity index (χ1n) is 11.3. The summed E-state index contributed by atoms with van der Waals surface area (Å²) in [7, 11) is 2.11. The van der Waals surface area contributed by atoms with E-state index in [-0.39, 0.29) is 23.7 Å². The standard InChI is InChI=1S/C24H35FN4O2/c1-6-18(4)29(22(30)15-17(2)3)16-21-23(19-7-9-20(25)10-8-19)26-31-24(21)28-13-11-27(5)12-14-28/h7-10,17-18H,6,11-16H2,1-5H3. The van der Waals surface area contributed by atoms with E-state index in [1.54, 1.807) is 12.1 Å². The minimum atomic E-state index is -0.290. The number of carbonyl (C=O) groups is 1. The molecular weight excluding hydrogens is 395 g/mol. The monoisotopic (exact) mass is 430 g/mol. The average molecular weight is 431 g/mol. The van der Waals surface area contributed by atoms with Crippen LogP contribution in [0.4, 0.5) is 10.3 Å². The van der Waals surface area contributed by atoms with E-state index in [9.17, 15) is 9.18 Å². The highest BCUT2D eigenvalue weighted by atomic mass is 19.1. The molecule has 3 rings (SSSR count). The minimum Gasteiger partial charge on any atom is -0.338 e. The van der Waals surface area contributed by atoms with Crippen molar-refractivity contribution in [3.8, 4) is 11.3 Å². The molecule has 1 aromatic heterocycles. The zero-order chi connectivity index (χ0) is 22.5. The second-order valence-electron chi connectivity index (χ2n) is 8.99. The molecule has 1 fully saturated rings. The third-order valence-corrected chi connectivity index (χ3v) is 6.03. The number of hydrogen-bond donors (Lipinski definition) is 0. The molecule has 0 saturated carbocycles. The van der Waals surface area contributed by atoms with Crippen LogP contribution in [-0.4, -0.2) is 60.1 Å². The molecule has 0 aliphatic carbocycles. The molecule has 2 aromatic rings. The molecule has 1 amide bonds. The van der Waals surface area contributed by atoms with Gasteiger partial charge in [0.25, 0.3) is 0 Å². The highest BCUT2D eigenvalue weighted by molar-refractivity contribution is 5.78. The largest absolute Gasteiger partial charge is 0.338 e. The first-order valence-corrected chi connectivity index (χ1v) is 11.3. The van der Waals surface area contributed by atoms with E-state index < -0.39 is 0 Å². The lowest BCUT2D eigenvalue weighted by atomic mass is 10.0. The zero-order valence-electron chi connectivity index (χ0n) is 19.4. The summed E-state index contributed by atoms with van der Waals surface area (Å²) >= 11 is 0. The van der Waals surface area contributed by atoms with Crippen LogP contribution in [-0.2, 0) is 11.3 Å². The van der Waals surface area contributed by atoms with E-state index in [4.69, 9.17) is 4.52 Å². The highest BCUT2D eigenvalue weighted by Gasteiger charge is 2.29. The summed E-state index contributed by atoms with van der Waals surface area (Å²) in [6.45, 7) is 12.3. The van der Waals surface area contributed by atoms with Gasteiger partial charge >= 0.3 is 0 Å². The van der Waals surface area contributed by atoms with Crippen LogP contribution in [0.3, 0.4) is 0 Å². The molecule has 1 unspecified atom stereocenters. The van der Waals surface area contributed by atoms with Crippen LogP contribution in [0.5, 0.6) is 0 Å². The Kier molecular flexibility index (Phi) is 7.70. The van der Waals surface area contributed by atoms with Crippen LogP contribution in [0.15, 0.2) is 28.8 Å². The quantitative estimate of drug-likeness (QED) is 0.621. The molecule has 0 spiro atoms. The van der Waals surface area contributed by atoms with Gasteiger partial charge in [0.15, 0.2) is 0 Å². The number of nitrogens with zero attached hydrogens (tertiary/aromatic N) is 4. The van der Waals surface area contributed by atoms with Gasteiger partial charge in [-0.1, -0.05) is 25.9 Å². The fourth-order valence-corrected chi connectivity index (χ4v) is 3.88. The molecule has 1 aliphatic heterocycles. The molecule has 31 heavy (non-hydrogen) atoms. The van der Waals surface area contributed by atoms with Gasteiger partial charge in [0.05, 0.1) is 12.1 Å². The van der Waals surface area contributed by atoms with Gasteiger partial charge in [0.2, 0.25) is 11.8 Å². The Hall–Kier alpha value is -2.41. The van der Waals surface area contributed by atoms with Gasteiger partial charge in [0.1, 0.15) is 11.5 Å². The van der Waals surface area contributed by atoms with Crippen LogP contribution in [0, 0.1) is 11.7 Å². The first-order chi connectivity index (χ1) is 14.8. The summed E-state index contributed by atoms with van der Waals surface area (Å²) in [6.07, 6.45) is 1.37. The Morgan fingerprint density at radius 1 is 1.16 bits per heavy atom. The zero-order valence-corrected chi connectivity index (χ0v) is 19.4. The van der Waals surface area contributed by atoms with Crippen molar-refractivity contribution in [2.75, 3.05) is 38.1 Å². The molecule has 1 saturated heterocycles. The minimum absolute atomic E-state index is 0.0996. The summed E-state index contributed by atoms with van der Waals surface area (Å²) < 4.78 is 19.4. The number of benzene rings is 1. The molecule has 1 atom stereocenters. The van der Waals surface area contributed by atoms with Crippen LogP contribution < -0.4 is 4.90 Å². The highest BCUT2D eigenvalue weighted by Crippen LogP contribution is 2.34. The maximum Gasteiger partial charge on any atom is 0.232 e. The van der Waals surface area contributed by atoms with E-state index >= 15 is 0 Å². The maximum atomic E-state index is 13.5. The summed E-state index contributed by atoms with van der Waals surface area (Å²) in [5.74, 6) is 0.856. The number of rotatable bonds is 8. The van der Waals surface area contributed by atoms with Gasteiger partial charge in [-0.3, -0.25) is 4.79 Å². The molecule has 0 bridgehead atoms. The average Bonchev–Trinajstić information content (AvgIpc) is 3.15. The van der Waals surface area contributed by atoms with Gasteiger partial charge in [-0.05, 0) is 50.6 Å². The van der Waals surface area contributed by atoms with E-state index in [1.807, 2.05) is 4.90 Å². The van der Waals surface area contributed by atoms with Crippen LogP contribution in [0.2, 0.25) is 0 Å². The van der Waals surface area contributed by atoms with Gasteiger partial charge < -0.3 is 19.2 Å². The number of anilines is 1. The van der Waals surface area contributed by atoms with Crippen LogP contribution in [0.25, 0.3) is 11.3 Å². The number of aromatic nitrogens is 1. The van der Waals surface area contributed by atoms with Gasteiger partial charge in [0, 0.05) is 44.2 Å². The van der Waals surface area contributed by atoms with E-state index in [2.05, 4.69) is 49.7 Å². The predicted octanol–water partition coefficient (Wildman–Crippen LogP) is 4.41. The molecule has 6 nitrogen and oxygen atoms in total. The van der Waals surface area contributed by atoms with Crippen molar-refractivity contribution >= 4 is 11.8 Å². The topological polar surface area (TPSA) is 52.8 Å². The SMILES string of the molecule is CCC(C)N(Cc1c(-c2ccc(F)cc2)noc1N1CCN(C)CC1)C(=O)CC(C)C. The summed E-state index contributed by atoms with van der Waals surface area (Å²) in [5, 5.41) is 4.38. The summed E-state index contributed by atoms with van der Waals surface area (Å²) in [6, 6.07) is 6.39. The number of halogens is 1. The molecular formula is C24H35FN4O2. The number of amides is 1. The van der Waals surface area contributed by atoms with Crippen molar-refractivity contribution < 1.29 is 13.7 Å². The number of hydrogen-bond acceptors (Lipinski definition) is 5. The summed E-state index contributed by atoms with van der Waals surface area (Å²) in [5.41, 5.74) is 2.37. The van der Waals surface area contributed by atoms with Crippen LogP contribution >= 0.6 is 0 Å². The number of likely N-dealkylation sites (N-methyl/N-ethyl adjacent to an activating group) is 1. The summed E-state index contributed by atoms with van der Waals surface area (Å²) in [4.78, 5) is 19.5. The fraction of sp³-hybridized carbons (Fsp3) is 0.583. The van der Waals surface area contributed by atoms with E-state index in [0.717, 1.165) is 49.6 Å². The van der Waals surface area contributed by atoms with Crippen molar-refractivity contribution in [2.24, 2.45) is 5.92 Å². The lowest BCUT2D eigenvalue weighted by Crippen LogP contribution is -2.45. The van der Waals surface area contributed by atoms with Crippen LogP contribution in [0.1, 0.15) is 46.1 Å². The second-order valence-corrected chi connectivity index (χ2v) is 8.99. The Bertz CT molecular complexity index is 857. The molecule has 170 valence electrons. The lowest BCUT2D eigenvalue weighted by molar-refractivity contribution is -0.134. The molecule has 1 aromatic carbocycles. The third kappa shape index (κ3) is 5.64. The molecule has 0 N–H and O–H groups in total. The van der Waals surface area contributed by atoms with Crippen molar-refractivity contribution in [2.45, 2.75) is 53.1 Å². The molecule has 7 heteroatoms. The second kappa shape index (κ2) is 10.3. The Balaban J connectivity index is 2.00. The Morgan fingerprint density at radius 3 is 2.39 bits per heavy atom. The fourth-order valence-electron chi connectivity index (χ4n) is 3.88. The van der Waals surface area contributed by atoms with Crippen molar-refractivity contribution in [1.82, 2.24) is 15.0 Å². The number of carbonyl (C=O) groups excluding carboxylic acids is 1. The lowest BCUT2D eigenvalue weighted by Gasteiger charge is -2.34. The number of piperazine rings is 1. The maximum absolute atomic E-state index is 13.5. The van der Waals surface area contributed by atoms with Crippen molar-refractivity contribution in [3.63, 3.8) is 0 Å². The smallest absolute Gasteiger partial charge is 0.232 e. The van der Waals surface area contributed by atoms with E-state index in [1.165, 1.54) is 12.1 Å². The normalized spacial score (nSPS) is 16.0. The Morgan fingerprint density at radius 2 is 1.81 bits per heavy atom. The van der Waals surface area contributed by atoms with E-state index in [0.29, 0.717) is 18.7 Å². The first kappa shape index (κ1) is 23.3.